The molecule has 0 radical (unpaired) electrons. The molecule has 0 saturated heterocycles. The number of esters is 2. The van der Waals surface area contributed by atoms with Crippen LogP contribution in [0.4, 0.5) is 0 Å². The predicted molar refractivity (Wildman–Crippen MR) is 147 cm³/mol. The van der Waals surface area contributed by atoms with Gasteiger partial charge >= 0.3 is 11.9 Å². The Morgan fingerprint density at radius 2 is 1.54 bits per heavy atom. The van der Waals surface area contributed by atoms with Gasteiger partial charge in [-0.25, -0.2) is 0 Å². The quantitative estimate of drug-likeness (QED) is 0.279. The number of hydrogen-bond acceptors (Lipinski definition) is 4. The lowest BCUT2D eigenvalue weighted by atomic mass is 9.33. The molecule has 4 saturated carbocycles. The second-order valence-electron chi connectivity index (χ2n) is 15.8. The molecule has 0 bridgehead atoms. The zero-order valence-electron chi connectivity index (χ0n) is 25.1. The Kier molecular flexibility index (Phi) is 6.14. The van der Waals surface area contributed by atoms with E-state index in [1.165, 1.54) is 12.8 Å². The van der Waals surface area contributed by atoms with Crippen molar-refractivity contribution in [1.82, 2.24) is 0 Å². The lowest BCUT2D eigenvalue weighted by Gasteiger charge is -2.71. The van der Waals surface area contributed by atoms with Crippen molar-refractivity contribution in [2.45, 2.75) is 126 Å². The van der Waals surface area contributed by atoms with Gasteiger partial charge in [0.25, 0.3) is 0 Å². The van der Waals surface area contributed by atoms with Gasteiger partial charge in [-0.15, -0.1) is 0 Å². The van der Waals surface area contributed by atoms with E-state index in [9.17, 15) is 9.59 Å². The first-order valence-electron chi connectivity index (χ1n) is 15.0. The minimum Gasteiger partial charge on any atom is -0.469 e. The summed E-state index contributed by atoms with van der Waals surface area (Å²) in [7, 11) is 1.59. The van der Waals surface area contributed by atoms with Gasteiger partial charge in [0.15, 0.2) is 0 Å². The van der Waals surface area contributed by atoms with E-state index in [1.54, 1.807) is 19.6 Å². The van der Waals surface area contributed by atoms with Gasteiger partial charge in [-0.3, -0.25) is 9.59 Å². The molecule has 4 nitrogen and oxygen atoms in total. The molecule has 5 rings (SSSR count). The first-order chi connectivity index (χ1) is 17.1. The van der Waals surface area contributed by atoms with Crippen molar-refractivity contribution in [3.8, 4) is 0 Å². The second-order valence-corrected chi connectivity index (χ2v) is 15.8. The highest BCUT2D eigenvalue weighted by atomic mass is 16.5. The summed E-state index contributed by atoms with van der Waals surface area (Å²) >= 11 is 0. The molecule has 0 aromatic rings. The van der Waals surface area contributed by atoms with Crippen molar-refractivity contribution in [2.24, 2.45) is 50.2 Å². The lowest BCUT2D eigenvalue weighted by molar-refractivity contribution is -0.213. The van der Waals surface area contributed by atoms with E-state index in [-0.39, 0.29) is 50.5 Å². The van der Waals surface area contributed by atoms with Crippen LogP contribution in [0, 0.1) is 50.2 Å². The largest absolute Gasteiger partial charge is 0.469 e. The van der Waals surface area contributed by atoms with Crippen LogP contribution in [-0.4, -0.2) is 25.2 Å². The molecule has 208 valence electrons. The third kappa shape index (κ3) is 3.58. The SMILES string of the molecule is COC(=O)[C@]12CCC(C)(C)C[C@@H]1C1=CCC3[C@@]4(C)CC[C@H](OC(C)=O)C(C)(C)C4CC[C@@]3(C)[C@]1(C)CC2. The average molecular weight is 513 g/mol. The molecule has 5 aliphatic rings. The zero-order chi connectivity index (χ0) is 27.2. The van der Waals surface area contributed by atoms with E-state index in [1.807, 2.05) is 0 Å². The van der Waals surface area contributed by atoms with Crippen LogP contribution in [0.5, 0.6) is 0 Å². The smallest absolute Gasteiger partial charge is 0.312 e. The van der Waals surface area contributed by atoms with E-state index in [0.29, 0.717) is 17.8 Å². The van der Waals surface area contributed by atoms with Crippen LogP contribution in [0.1, 0.15) is 120 Å². The molecule has 0 aromatic carbocycles. The summed E-state index contributed by atoms with van der Waals surface area (Å²) in [5.41, 5.74) is 2.01. The van der Waals surface area contributed by atoms with Crippen molar-refractivity contribution < 1.29 is 19.1 Å². The summed E-state index contributed by atoms with van der Waals surface area (Å²) in [6.07, 6.45) is 13.4. The Hall–Kier alpha value is -1.32. The third-order valence-corrected chi connectivity index (χ3v) is 13.5. The number of allylic oxidation sites excluding steroid dienone is 2. The van der Waals surface area contributed by atoms with Crippen molar-refractivity contribution in [2.75, 3.05) is 7.11 Å². The average Bonchev–Trinajstić information content (AvgIpc) is 2.80. The molecular formula is C33H52O4. The van der Waals surface area contributed by atoms with Gasteiger partial charge in [-0.05, 0) is 104 Å². The van der Waals surface area contributed by atoms with Crippen LogP contribution in [0.15, 0.2) is 11.6 Å². The number of carbonyl (C=O) groups is 2. The minimum atomic E-state index is -0.343. The van der Waals surface area contributed by atoms with Gasteiger partial charge in [0.2, 0.25) is 0 Å². The van der Waals surface area contributed by atoms with Gasteiger partial charge in [0.05, 0.1) is 12.5 Å². The molecule has 0 amide bonds. The van der Waals surface area contributed by atoms with Gasteiger partial charge in [0, 0.05) is 12.3 Å². The maximum atomic E-state index is 13.4. The fraction of sp³-hybridized carbons (Fsp3) is 0.879. The molecular weight excluding hydrogens is 460 g/mol. The highest BCUT2D eigenvalue weighted by molar-refractivity contribution is 5.78. The normalized spacial score (nSPS) is 47.8. The van der Waals surface area contributed by atoms with Crippen molar-refractivity contribution in [3.63, 3.8) is 0 Å². The van der Waals surface area contributed by atoms with Crippen LogP contribution >= 0.6 is 0 Å². The minimum absolute atomic E-state index is 0.0116. The standard InChI is InChI=1S/C33H52O4/c1-21(34)37-26-13-14-30(6)24(29(26,4)5)12-15-32(8)25(30)11-10-22-23-20-28(2,3)16-18-33(23,27(35)36-9)19-17-31(22,32)7/h10,23-26H,11-20H2,1-9H3/t23-,24?,25?,26+,30+,31-,32-,33+/m1/s1. The first-order valence-corrected chi connectivity index (χ1v) is 15.0. The fourth-order valence-electron chi connectivity index (χ4n) is 11.2. The Labute approximate surface area is 225 Å². The fourth-order valence-corrected chi connectivity index (χ4v) is 11.2. The van der Waals surface area contributed by atoms with E-state index >= 15 is 0 Å². The monoisotopic (exact) mass is 512 g/mol. The van der Waals surface area contributed by atoms with Crippen molar-refractivity contribution >= 4 is 11.9 Å². The van der Waals surface area contributed by atoms with Gasteiger partial charge in [-0.1, -0.05) is 60.1 Å². The summed E-state index contributed by atoms with van der Waals surface area (Å²) in [5.74, 6) is 1.33. The molecule has 0 aliphatic heterocycles. The number of rotatable bonds is 2. The Morgan fingerprint density at radius 3 is 2.19 bits per heavy atom. The Bertz CT molecular complexity index is 1010. The van der Waals surface area contributed by atoms with Crippen LogP contribution in [0.25, 0.3) is 0 Å². The molecule has 8 atom stereocenters. The highest BCUT2D eigenvalue weighted by Crippen LogP contribution is 2.75. The summed E-state index contributed by atoms with van der Waals surface area (Å²) < 4.78 is 11.4. The third-order valence-electron chi connectivity index (χ3n) is 13.5. The molecule has 2 unspecified atom stereocenters. The lowest BCUT2D eigenvalue weighted by Crippen LogP contribution is -2.65. The van der Waals surface area contributed by atoms with Crippen LogP contribution in [0.3, 0.4) is 0 Å². The molecule has 37 heavy (non-hydrogen) atoms. The summed E-state index contributed by atoms with van der Waals surface area (Å²) in [5, 5.41) is 0. The first kappa shape index (κ1) is 27.3. The number of carbonyl (C=O) groups excluding carboxylic acids is 2. The Balaban J connectivity index is 1.55. The van der Waals surface area contributed by atoms with E-state index in [4.69, 9.17) is 9.47 Å². The molecule has 4 heteroatoms. The van der Waals surface area contributed by atoms with E-state index < -0.39 is 0 Å². The molecule has 0 aromatic heterocycles. The zero-order valence-corrected chi connectivity index (χ0v) is 25.1. The maximum Gasteiger partial charge on any atom is 0.312 e. The molecule has 5 aliphatic carbocycles. The van der Waals surface area contributed by atoms with Crippen LogP contribution in [-0.2, 0) is 19.1 Å². The highest BCUT2D eigenvalue weighted by Gasteiger charge is 2.69. The van der Waals surface area contributed by atoms with Crippen LogP contribution in [0.2, 0.25) is 0 Å². The van der Waals surface area contributed by atoms with Gasteiger partial charge in [-0.2, -0.15) is 0 Å². The van der Waals surface area contributed by atoms with E-state index in [0.717, 1.165) is 51.4 Å². The number of fused-ring (bicyclic) bond motifs is 7. The Morgan fingerprint density at radius 1 is 0.865 bits per heavy atom. The molecule has 0 heterocycles. The summed E-state index contributed by atoms with van der Waals surface area (Å²) in [4.78, 5) is 25.3. The molecule has 0 spiro atoms. The number of ether oxygens (including phenoxy) is 2. The summed E-state index contributed by atoms with van der Waals surface area (Å²) in [6, 6.07) is 0. The number of hydrogen-bond donors (Lipinski definition) is 0. The van der Waals surface area contributed by atoms with Gasteiger partial charge < -0.3 is 9.47 Å². The predicted octanol–water partition coefficient (Wildman–Crippen LogP) is 7.89. The number of methoxy groups -OCH3 is 1. The van der Waals surface area contributed by atoms with Crippen molar-refractivity contribution in [1.29, 1.82) is 0 Å². The second kappa shape index (κ2) is 8.34. The molecule has 0 N–H and O–H groups in total. The maximum absolute atomic E-state index is 13.4. The van der Waals surface area contributed by atoms with Gasteiger partial charge in [0.1, 0.15) is 6.10 Å². The van der Waals surface area contributed by atoms with Crippen LogP contribution < -0.4 is 0 Å². The van der Waals surface area contributed by atoms with Crippen molar-refractivity contribution in [3.05, 3.63) is 11.6 Å². The van der Waals surface area contributed by atoms with E-state index in [2.05, 4.69) is 54.5 Å². The topological polar surface area (TPSA) is 52.6 Å². The summed E-state index contributed by atoms with van der Waals surface area (Å²) in [6.45, 7) is 18.8. The molecule has 4 fully saturated rings.